The molecule has 0 bridgehead atoms. The Morgan fingerprint density at radius 1 is 0.879 bits per heavy atom. The van der Waals surface area contributed by atoms with Crippen LogP contribution < -0.4 is 25.8 Å². The number of piperidine rings is 1. The molecule has 66 heavy (non-hydrogen) atoms. The molecule has 0 spiro atoms. The first-order chi connectivity index (χ1) is 32.1. The molecule has 6 heterocycles. The molecule has 0 aliphatic carbocycles. The summed E-state index contributed by atoms with van der Waals surface area (Å²) in [6.45, 7) is 14.4. The standard InChI is InChI=1S/C47H58ClFN12O4S/c1-31-32(2)66-47-44(31)45(34-9-11-35(48)12-10-34)55-39(46-57-56-33(3)61(46)47)27-43(63)51-15-14-50-42(62)13-22-64-24-25-65-23-21-58-17-19-59(20-18-58)41-28-40(52-30-53-41)54-37-7-5-16-60(29-37)38-8-4-6-36(49)26-38/h4,6,8-12,26,28,30,37,39H,5,7,13-25,27,29H2,1-3H3,(H,50,62)(H,51,63)(H,52,53,54)/t37-,39+/m1/s1. The van der Waals surface area contributed by atoms with Crippen molar-refractivity contribution < 1.29 is 23.5 Å². The number of carbonyl (C=O) groups is 2. The summed E-state index contributed by atoms with van der Waals surface area (Å²) in [6.07, 6.45) is 3.94. The van der Waals surface area contributed by atoms with Gasteiger partial charge in [-0.15, -0.1) is 21.5 Å². The van der Waals surface area contributed by atoms with E-state index in [0.29, 0.717) is 30.7 Å². The molecule has 350 valence electrons. The molecule has 3 N–H and O–H groups in total. The SMILES string of the molecule is Cc1sc2c(c1C)C(c1ccc(Cl)cc1)=N[C@@H](CC(=O)NCCNC(=O)CCOCCOCCN1CCN(c3cc(N[C@@H]4CCCN(c5cccc(F)c5)C4)ncn3)CC1)c1nnc(C)n1-2. The highest BCUT2D eigenvalue weighted by Crippen LogP contribution is 2.39. The van der Waals surface area contributed by atoms with E-state index in [-0.39, 0.29) is 56.2 Å². The fourth-order valence-electron chi connectivity index (χ4n) is 8.56. The zero-order valence-corrected chi connectivity index (χ0v) is 39.3. The number of piperazine rings is 1. The Kier molecular flexibility index (Phi) is 15.9. The van der Waals surface area contributed by atoms with Crippen molar-refractivity contribution >= 4 is 57.8 Å². The van der Waals surface area contributed by atoms with Crippen LogP contribution >= 0.6 is 22.9 Å². The van der Waals surface area contributed by atoms with E-state index in [4.69, 9.17) is 26.1 Å². The van der Waals surface area contributed by atoms with Gasteiger partial charge in [0.2, 0.25) is 11.8 Å². The highest BCUT2D eigenvalue weighted by Gasteiger charge is 2.32. The van der Waals surface area contributed by atoms with Gasteiger partial charge in [-0.1, -0.05) is 29.8 Å². The lowest BCUT2D eigenvalue weighted by Gasteiger charge is -2.36. The van der Waals surface area contributed by atoms with Crippen molar-refractivity contribution in [1.29, 1.82) is 0 Å². The van der Waals surface area contributed by atoms with Crippen LogP contribution in [0.5, 0.6) is 0 Å². The second-order valence-electron chi connectivity index (χ2n) is 16.8. The van der Waals surface area contributed by atoms with Crippen LogP contribution in [-0.2, 0) is 19.1 Å². The first-order valence-electron chi connectivity index (χ1n) is 22.7. The monoisotopic (exact) mass is 940 g/mol. The maximum atomic E-state index is 13.8. The number of carbonyl (C=O) groups excluding carboxylic acids is 2. The third-order valence-electron chi connectivity index (χ3n) is 12.2. The summed E-state index contributed by atoms with van der Waals surface area (Å²) in [7, 11) is 0. The van der Waals surface area contributed by atoms with E-state index in [9.17, 15) is 14.0 Å². The summed E-state index contributed by atoms with van der Waals surface area (Å²) in [4.78, 5) is 48.0. The minimum absolute atomic E-state index is 0.0644. The molecular formula is C47H58ClFN12O4S. The van der Waals surface area contributed by atoms with Crippen LogP contribution in [0.3, 0.4) is 0 Å². The Hall–Kier alpha value is -5.53. The molecule has 2 amide bonds. The highest BCUT2D eigenvalue weighted by molar-refractivity contribution is 7.15. The van der Waals surface area contributed by atoms with Crippen LogP contribution in [0.1, 0.15) is 64.9 Å². The maximum absolute atomic E-state index is 13.8. The number of hydrogen-bond acceptors (Lipinski definition) is 14. The van der Waals surface area contributed by atoms with Crippen LogP contribution in [0.4, 0.5) is 21.7 Å². The van der Waals surface area contributed by atoms with Crippen LogP contribution in [0.2, 0.25) is 5.02 Å². The fourth-order valence-corrected chi connectivity index (χ4v) is 9.90. The number of halogens is 2. The van der Waals surface area contributed by atoms with Crippen LogP contribution in [0, 0.1) is 26.6 Å². The lowest BCUT2D eigenvalue weighted by molar-refractivity contribution is -0.123. The average molecular weight is 942 g/mol. The first-order valence-corrected chi connectivity index (χ1v) is 23.9. The van der Waals surface area contributed by atoms with Crippen molar-refractivity contribution in [3.63, 3.8) is 0 Å². The normalized spacial score (nSPS) is 17.4. The number of benzene rings is 2. The summed E-state index contributed by atoms with van der Waals surface area (Å²) in [5.74, 6) is 2.47. The maximum Gasteiger partial charge on any atom is 0.222 e. The van der Waals surface area contributed by atoms with Crippen molar-refractivity contribution in [2.24, 2.45) is 4.99 Å². The Morgan fingerprint density at radius 2 is 1.65 bits per heavy atom. The Morgan fingerprint density at radius 3 is 2.44 bits per heavy atom. The van der Waals surface area contributed by atoms with Crippen molar-refractivity contribution in [2.45, 2.75) is 58.5 Å². The number of aromatic nitrogens is 5. The second kappa shape index (κ2) is 22.3. The number of aliphatic imine (C=N–C) groups is 1. The number of anilines is 3. The first kappa shape index (κ1) is 47.0. The number of ether oxygens (including phenoxy) is 2. The van der Waals surface area contributed by atoms with Crippen molar-refractivity contribution in [3.05, 3.63) is 105 Å². The van der Waals surface area contributed by atoms with Gasteiger partial charge in [-0.2, -0.15) is 0 Å². The summed E-state index contributed by atoms with van der Waals surface area (Å²) in [5, 5.41) is 19.8. The summed E-state index contributed by atoms with van der Waals surface area (Å²) >= 11 is 7.89. The van der Waals surface area contributed by atoms with Gasteiger partial charge in [-0.05, 0) is 69.5 Å². The molecule has 8 rings (SSSR count). The molecule has 3 aliphatic heterocycles. The molecule has 5 aromatic rings. The molecule has 3 aromatic heterocycles. The number of nitrogens with zero attached hydrogens (tertiary/aromatic N) is 9. The van der Waals surface area contributed by atoms with E-state index in [0.717, 1.165) is 109 Å². The minimum atomic E-state index is -0.576. The van der Waals surface area contributed by atoms with Gasteiger partial charge >= 0.3 is 0 Å². The predicted octanol–water partition coefficient (Wildman–Crippen LogP) is 5.68. The lowest BCUT2D eigenvalue weighted by atomic mass is 9.99. The van der Waals surface area contributed by atoms with Crippen LogP contribution in [0.25, 0.3) is 5.00 Å². The zero-order valence-electron chi connectivity index (χ0n) is 37.8. The predicted molar refractivity (Wildman–Crippen MR) is 256 cm³/mol. The fraction of sp³-hybridized carbons (Fsp3) is 0.468. The molecular weight excluding hydrogens is 883 g/mol. The third-order valence-corrected chi connectivity index (χ3v) is 13.6. The minimum Gasteiger partial charge on any atom is -0.379 e. The number of nitrogens with one attached hydrogen (secondary N) is 3. The molecule has 2 saturated heterocycles. The average Bonchev–Trinajstić information content (AvgIpc) is 3.80. The van der Waals surface area contributed by atoms with Crippen molar-refractivity contribution in [3.8, 4) is 5.00 Å². The smallest absolute Gasteiger partial charge is 0.222 e. The second-order valence-corrected chi connectivity index (χ2v) is 18.4. The number of rotatable bonds is 19. The third kappa shape index (κ3) is 11.9. The number of amides is 2. The summed E-state index contributed by atoms with van der Waals surface area (Å²) in [6, 6.07) is 16.0. The molecule has 16 nitrogen and oxygen atoms in total. The topological polar surface area (TPSA) is 167 Å². The van der Waals surface area contributed by atoms with Gasteiger partial charge in [0.05, 0.1) is 38.6 Å². The van der Waals surface area contributed by atoms with E-state index in [2.05, 4.69) is 64.7 Å². The van der Waals surface area contributed by atoms with E-state index in [1.807, 2.05) is 47.9 Å². The van der Waals surface area contributed by atoms with Gasteiger partial charge in [-0.25, -0.2) is 14.4 Å². The largest absolute Gasteiger partial charge is 0.379 e. The molecule has 2 atom stereocenters. The molecule has 2 fully saturated rings. The number of hydrogen-bond donors (Lipinski definition) is 3. The summed E-state index contributed by atoms with van der Waals surface area (Å²) < 4.78 is 27.3. The highest BCUT2D eigenvalue weighted by atomic mass is 35.5. The van der Waals surface area contributed by atoms with Crippen molar-refractivity contribution in [1.82, 2.24) is 40.3 Å². The summed E-state index contributed by atoms with van der Waals surface area (Å²) in [5.41, 5.74) is 4.73. The van der Waals surface area contributed by atoms with Gasteiger partial charge in [0.25, 0.3) is 0 Å². The van der Waals surface area contributed by atoms with Crippen LogP contribution in [-0.4, -0.2) is 139 Å². The number of fused-ring (bicyclic) bond motifs is 3. The van der Waals surface area contributed by atoms with Gasteiger partial charge in [0.1, 0.15) is 40.6 Å². The van der Waals surface area contributed by atoms with E-state index >= 15 is 0 Å². The molecule has 0 saturated carbocycles. The zero-order chi connectivity index (χ0) is 46.0. The molecule has 0 radical (unpaired) electrons. The van der Waals surface area contributed by atoms with E-state index < -0.39 is 6.04 Å². The lowest BCUT2D eigenvalue weighted by Crippen LogP contribution is -2.47. The molecule has 19 heteroatoms. The molecule has 3 aliphatic rings. The van der Waals surface area contributed by atoms with E-state index in [1.165, 1.54) is 10.9 Å². The quantitative estimate of drug-likeness (QED) is 0.0870. The van der Waals surface area contributed by atoms with Gasteiger partial charge in [-0.3, -0.25) is 24.0 Å². The van der Waals surface area contributed by atoms with E-state index in [1.54, 1.807) is 29.8 Å². The molecule has 0 unspecified atom stereocenters. The van der Waals surface area contributed by atoms with Gasteiger partial charge in [0, 0.05) is 104 Å². The Balaban J connectivity index is 0.681. The molecule has 2 aromatic carbocycles. The Labute approximate surface area is 394 Å². The van der Waals surface area contributed by atoms with Gasteiger partial charge < -0.3 is 35.2 Å². The van der Waals surface area contributed by atoms with Crippen LogP contribution in [0.15, 0.2) is 65.9 Å². The number of aryl methyl sites for hydroxylation is 2. The van der Waals surface area contributed by atoms with Gasteiger partial charge in [0.15, 0.2) is 5.82 Å². The van der Waals surface area contributed by atoms with Crippen molar-refractivity contribution in [2.75, 3.05) is 100 Å². The Bertz CT molecular complexity index is 2480. The number of thiophene rings is 1.